The zero-order valence-corrected chi connectivity index (χ0v) is 19.3. The molecule has 0 atom stereocenters. The summed E-state index contributed by atoms with van der Waals surface area (Å²) in [6.45, 7) is 4.19. The van der Waals surface area contributed by atoms with Crippen molar-refractivity contribution in [3.63, 3.8) is 0 Å². The van der Waals surface area contributed by atoms with Crippen molar-refractivity contribution in [2.24, 2.45) is 5.73 Å². The van der Waals surface area contributed by atoms with Crippen LogP contribution in [0.25, 0.3) is 11.1 Å². The molecule has 1 amide bonds. The lowest BCUT2D eigenvalue weighted by Crippen LogP contribution is -2.25. The normalized spacial score (nSPS) is 10.8. The summed E-state index contributed by atoms with van der Waals surface area (Å²) < 4.78 is 0. The second kappa shape index (κ2) is 10.3. The monoisotopic (exact) mass is 465 g/mol. The lowest BCUT2D eigenvalue weighted by atomic mass is 9.94. The van der Waals surface area contributed by atoms with Crippen LogP contribution in [0.1, 0.15) is 30.5 Å². The Balaban J connectivity index is 1.89. The lowest BCUT2D eigenvalue weighted by Gasteiger charge is -2.20. The molecule has 7 nitrogen and oxygen atoms in total. The minimum Gasteiger partial charge on any atom is -0.505 e. The number of aromatic hydroxyl groups is 1. The van der Waals surface area contributed by atoms with Crippen molar-refractivity contribution in [3.8, 4) is 16.9 Å². The van der Waals surface area contributed by atoms with E-state index in [1.807, 2.05) is 19.9 Å². The fourth-order valence-electron chi connectivity index (χ4n) is 3.52. The summed E-state index contributed by atoms with van der Waals surface area (Å²) >= 11 is 6.62. The number of phenolic OH excluding ortho intramolecular Hbond substituents is 1. The largest absolute Gasteiger partial charge is 0.505 e. The van der Waals surface area contributed by atoms with Crippen LogP contribution < -0.4 is 22.1 Å². The standard InChI is InChI=1S/C25H28ClN5O2/c1-14(2)31-21-12-20(26)23(17-4-3-5-18(27)10-17)19(24(21)33)11-22(32)30-13-15-6-8-16(9-7-15)25(28)29/h3-10,12,14,31,33H,11,13,27H2,1-2H3,(H3,28,29)(H,30,32). The second-order valence-electron chi connectivity index (χ2n) is 8.10. The predicted octanol–water partition coefficient (Wildman–Crippen LogP) is 4.26. The summed E-state index contributed by atoms with van der Waals surface area (Å²) in [5, 5.41) is 24.9. The van der Waals surface area contributed by atoms with Gasteiger partial charge in [-0.25, -0.2) is 0 Å². The maximum atomic E-state index is 12.8. The predicted molar refractivity (Wildman–Crippen MR) is 135 cm³/mol. The second-order valence-corrected chi connectivity index (χ2v) is 8.50. The van der Waals surface area contributed by atoms with Crippen LogP contribution in [0, 0.1) is 5.41 Å². The molecule has 3 aromatic carbocycles. The fourth-order valence-corrected chi connectivity index (χ4v) is 3.85. The Morgan fingerprint density at radius 1 is 1.15 bits per heavy atom. The molecule has 172 valence electrons. The quantitative estimate of drug-likeness (QED) is 0.128. The van der Waals surface area contributed by atoms with Crippen molar-refractivity contribution in [1.29, 1.82) is 5.41 Å². The van der Waals surface area contributed by atoms with Crippen molar-refractivity contribution < 1.29 is 9.90 Å². The number of nitrogens with two attached hydrogens (primary N) is 2. The van der Waals surface area contributed by atoms with Crippen LogP contribution >= 0.6 is 11.6 Å². The molecule has 0 fully saturated rings. The third kappa shape index (κ3) is 5.96. The summed E-state index contributed by atoms with van der Waals surface area (Å²) in [4.78, 5) is 12.8. The molecule has 8 heteroatoms. The van der Waals surface area contributed by atoms with E-state index in [9.17, 15) is 9.90 Å². The highest BCUT2D eigenvalue weighted by Gasteiger charge is 2.21. The highest BCUT2D eigenvalue weighted by atomic mass is 35.5. The molecular weight excluding hydrogens is 438 g/mol. The van der Waals surface area contributed by atoms with Crippen molar-refractivity contribution in [2.45, 2.75) is 32.9 Å². The SMILES string of the molecule is CC(C)Nc1cc(Cl)c(-c2cccc(N)c2)c(CC(=O)NCc2ccc(C(=N)N)cc2)c1O. The summed E-state index contributed by atoms with van der Waals surface area (Å²) in [7, 11) is 0. The van der Waals surface area contributed by atoms with Crippen molar-refractivity contribution in [2.75, 3.05) is 11.1 Å². The van der Waals surface area contributed by atoms with Gasteiger partial charge in [-0.15, -0.1) is 0 Å². The van der Waals surface area contributed by atoms with E-state index in [0.29, 0.717) is 45.2 Å². The topological polar surface area (TPSA) is 137 Å². The Labute approximate surface area is 198 Å². The van der Waals surface area contributed by atoms with Gasteiger partial charge in [-0.2, -0.15) is 0 Å². The van der Waals surface area contributed by atoms with E-state index in [1.165, 1.54) is 0 Å². The van der Waals surface area contributed by atoms with E-state index in [0.717, 1.165) is 5.56 Å². The van der Waals surface area contributed by atoms with Gasteiger partial charge in [0.15, 0.2) is 0 Å². The number of carbonyl (C=O) groups excluding carboxylic acids is 1. The van der Waals surface area contributed by atoms with E-state index in [1.54, 1.807) is 48.5 Å². The Kier molecular flexibility index (Phi) is 7.45. The molecule has 0 aromatic heterocycles. The number of carbonyl (C=O) groups is 1. The van der Waals surface area contributed by atoms with Crippen LogP contribution in [0.2, 0.25) is 5.02 Å². The van der Waals surface area contributed by atoms with Crippen LogP contribution in [-0.4, -0.2) is 22.9 Å². The fraction of sp³-hybridized carbons (Fsp3) is 0.200. The van der Waals surface area contributed by atoms with Crippen molar-refractivity contribution in [3.05, 3.63) is 76.3 Å². The van der Waals surface area contributed by atoms with Gasteiger partial charge < -0.3 is 27.2 Å². The molecule has 0 aliphatic heterocycles. The molecule has 0 heterocycles. The highest BCUT2D eigenvalue weighted by molar-refractivity contribution is 6.34. The van der Waals surface area contributed by atoms with Crippen LogP contribution in [0.4, 0.5) is 11.4 Å². The number of amides is 1. The minimum atomic E-state index is -0.274. The van der Waals surface area contributed by atoms with Gasteiger partial charge in [0.05, 0.1) is 17.1 Å². The molecule has 3 aromatic rings. The highest BCUT2D eigenvalue weighted by Crippen LogP contribution is 2.42. The summed E-state index contributed by atoms with van der Waals surface area (Å²) in [6, 6.07) is 15.9. The first-order valence-electron chi connectivity index (χ1n) is 10.5. The molecule has 0 aliphatic carbocycles. The van der Waals surface area contributed by atoms with Crippen LogP contribution in [-0.2, 0) is 17.8 Å². The van der Waals surface area contributed by atoms with Gasteiger partial charge in [-0.3, -0.25) is 10.2 Å². The Bertz CT molecular complexity index is 1180. The van der Waals surface area contributed by atoms with Gasteiger partial charge in [0, 0.05) is 35.0 Å². The number of anilines is 2. The number of nitrogens with one attached hydrogen (secondary N) is 3. The summed E-state index contributed by atoms with van der Waals surface area (Å²) in [6.07, 6.45) is -0.0746. The maximum Gasteiger partial charge on any atom is 0.224 e. The molecule has 0 aliphatic rings. The number of nitrogen functional groups attached to an aromatic ring is 2. The van der Waals surface area contributed by atoms with Gasteiger partial charge in [-0.1, -0.05) is 48.0 Å². The molecular formula is C25H28ClN5O2. The number of hydrogen-bond acceptors (Lipinski definition) is 5. The molecule has 0 unspecified atom stereocenters. The average molecular weight is 466 g/mol. The van der Waals surface area contributed by atoms with E-state index in [4.69, 9.17) is 28.5 Å². The third-order valence-corrected chi connectivity index (χ3v) is 5.36. The van der Waals surface area contributed by atoms with E-state index < -0.39 is 0 Å². The van der Waals surface area contributed by atoms with Gasteiger partial charge in [-0.05, 0) is 43.2 Å². The van der Waals surface area contributed by atoms with E-state index in [2.05, 4.69) is 10.6 Å². The molecule has 0 radical (unpaired) electrons. The Morgan fingerprint density at radius 2 is 1.85 bits per heavy atom. The zero-order chi connectivity index (χ0) is 24.1. The van der Waals surface area contributed by atoms with Gasteiger partial charge in [0.2, 0.25) is 5.91 Å². The van der Waals surface area contributed by atoms with E-state index >= 15 is 0 Å². The molecule has 8 N–H and O–H groups in total. The number of amidine groups is 1. The molecule has 0 saturated carbocycles. The van der Waals surface area contributed by atoms with Gasteiger partial charge >= 0.3 is 0 Å². The van der Waals surface area contributed by atoms with Gasteiger partial charge in [0.1, 0.15) is 11.6 Å². The van der Waals surface area contributed by atoms with Crippen LogP contribution in [0.5, 0.6) is 5.75 Å². The molecule has 0 bridgehead atoms. The number of phenols is 1. The Morgan fingerprint density at radius 3 is 2.45 bits per heavy atom. The molecule has 0 spiro atoms. The molecule has 0 saturated heterocycles. The first-order chi connectivity index (χ1) is 15.7. The van der Waals surface area contributed by atoms with Crippen LogP contribution in [0.3, 0.4) is 0 Å². The summed E-state index contributed by atoms with van der Waals surface area (Å²) in [5.74, 6) is -0.308. The molecule has 33 heavy (non-hydrogen) atoms. The van der Waals surface area contributed by atoms with Crippen molar-refractivity contribution >= 4 is 34.7 Å². The number of rotatable bonds is 8. The number of hydrogen-bond donors (Lipinski definition) is 6. The minimum absolute atomic E-state index is 0.0121. The summed E-state index contributed by atoms with van der Waals surface area (Å²) in [5.41, 5.74) is 15.6. The zero-order valence-electron chi connectivity index (χ0n) is 18.6. The smallest absolute Gasteiger partial charge is 0.224 e. The lowest BCUT2D eigenvalue weighted by molar-refractivity contribution is -0.120. The Hall–Kier alpha value is -3.71. The van der Waals surface area contributed by atoms with Crippen molar-refractivity contribution in [1.82, 2.24) is 5.32 Å². The first-order valence-corrected chi connectivity index (χ1v) is 10.9. The van der Waals surface area contributed by atoms with Crippen LogP contribution in [0.15, 0.2) is 54.6 Å². The maximum absolute atomic E-state index is 12.8. The van der Waals surface area contributed by atoms with E-state index in [-0.39, 0.29) is 30.0 Å². The average Bonchev–Trinajstić information content (AvgIpc) is 2.75. The number of benzene rings is 3. The third-order valence-electron chi connectivity index (χ3n) is 5.06. The van der Waals surface area contributed by atoms with Gasteiger partial charge in [0.25, 0.3) is 0 Å². The molecule has 3 rings (SSSR count). The first kappa shape index (κ1) is 23.9. The number of halogens is 1.